The highest BCUT2D eigenvalue weighted by Gasteiger charge is 2.36. The van der Waals surface area contributed by atoms with Crippen LogP contribution in [0.4, 0.5) is 0 Å². The third-order valence-electron chi connectivity index (χ3n) is 5.45. The Hall–Kier alpha value is -2.31. The molecule has 0 aromatic heterocycles. The fourth-order valence-electron chi connectivity index (χ4n) is 3.85. The maximum atomic E-state index is 11.8. The molecular weight excluding hydrogens is 362 g/mol. The van der Waals surface area contributed by atoms with Gasteiger partial charge in [0, 0.05) is 43.0 Å². The van der Waals surface area contributed by atoms with Gasteiger partial charge >= 0.3 is 0 Å². The molecule has 1 unspecified atom stereocenters. The quantitative estimate of drug-likeness (QED) is 0.835. The Morgan fingerprint density at radius 2 is 2.04 bits per heavy atom. The zero-order valence-electron chi connectivity index (χ0n) is 15.0. The van der Waals surface area contributed by atoms with Crippen LogP contribution in [0, 0.1) is 5.92 Å². The maximum absolute atomic E-state index is 11.8. The molecule has 140 valence electrons. The van der Waals surface area contributed by atoms with E-state index in [4.69, 9.17) is 11.6 Å². The SMILES string of the molecule is O=C1CN(CC2=C(c3ccc(Cl)cc3)NC3C=NC(C4CC4)=CN23)CCN1. The molecule has 5 rings (SSSR count). The van der Waals surface area contributed by atoms with Crippen molar-refractivity contribution in [1.82, 2.24) is 20.4 Å². The van der Waals surface area contributed by atoms with E-state index in [0.717, 1.165) is 29.4 Å². The van der Waals surface area contributed by atoms with E-state index in [1.54, 1.807) is 0 Å². The van der Waals surface area contributed by atoms with E-state index in [-0.39, 0.29) is 12.1 Å². The molecule has 1 aliphatic carbocycles. The molecule has 1 aromatic rings. The van der Waals surface area contributed by atoms with Crippen LogP contribution in [0.15, 0.2) is 46.9 Å². The van der Waals surface area contributed by atoms with Gasteiger partial charge in [0.25, 0.3) is 0 Å². The minimum absolute atomic E-state index is 0.0202. The second-order valence-electron chi connectivity index (χ2n) is 7.49. The number of amides is 1. The van der Waals surface area contributed by atoms with Gasteiger partial charge in [-0.3, -0.25) is 14.7 Å². The molecule has 1 saturated carbocycles. The lowest BCUT2D eigenvalue weighted by molar-refractivity contribution is -0.123. The van der Waals surface area contributed by atoms with Crippen molar-refractivity contribution in [3.63, 3.8) is 0 Å². The number of piperazine rings is 1. The van der Waals surface area contributed by atoms with Crippen LogP contribution in [0.3, 0.4) is 0 Å². The summed E-state index contributed by atoms with van der Waals surface area (Å²) < 4.78 is 0. The number of carbonyl (C=O) groups is 1. The van der Waals surface area contributed by atoms with E-state index < -0.39 is 0 Å². The second-order valence-corrected chi connectivity index (χ2v) is 7.93. The van der Waals surface area contributed by atoms with Gasteiger partial charge in [0.15, 0.2) is 0 Å². The van der Waals surface area contributed by atoms with Crippen LogP contribution in [0.2, 0.25) is 5.02 Å². The van der Waals surface area contributed by atoms with Crippen LogP contribution in [0.1, 0.15) is 18.4 Å². The molecule has 1 amide bonds. The number of nitrogens with zero attached hydrogens (tertiary/aromatic N) is 3. The molecule has 1 saturated heterocycles. The van der Waals surface area contributed by atoms with Gasteiger partial charge in [-0.15, -0.1) is 0 Å². The van der Waals surface area contributed by atoms with Crippen LogP contribution in [0.5, 0.6) is 0 Å². The molecule has 6 nitrogen and oxygen atoms in total. The van der Waals surface area contributed by atoms with Crippen molar-refractivity contribution >= 4 is 29.4 Å². The molecule has 1 atom stereocenters. The number of hydrogen-bond acceptors (Lipinski definition) is 5. The van der Waals surface area contributed by atoms with Gasteiger partial charge in [-0.25, -0.2) is 0 Å². The lowest BCUT2D eigenvalue weighted by atomic mass is 10.1. The maximum Gasteiger partial charge on any atom is 0.234 e. The fourth-order valence-corrected chi connectivity index (χ4v) is 3.98. The number of nitrogens with one attached hydrogen (secondary N) is 2. The molecule has 0 radical (unpaired) electrons. The van der Waals surface area contributed by atoms with Crippen molar-refractivity contribution in [2.24, 2.45) is 10.9 Å². The standard InChI is InChI=1S/C20H22ClN5O/c21-15-5-3-14(4-6-15)20-17(11-25-8-7-22-19(27)12-25)26-10-16(13-1-2-13)23-9-18(26)24-20/h3-6,9-10,13,18,24H,1-2,7-8,11-12H2,(H,22,27). The number of allylic oxidation sites excluding steroid dienone is 1. The smallest absolute Gasteiger partial charge is 0.234 e. The van der Waals surface area contributed by atoms with E-state index in [9.17, 15) is 4.79 Å². The van der Waals surface area contributed by atoms with Crippen molar-refractivity contribution in [3.8, 4) is 0 Å². The summed E-state index contributed by atoms with van der Waals surface area (Å²) in [6.07, 6.45) is 6.67. The number of fused-ring (bicyclic) bond motifs is 1. The van der Waals surface area contributed by atoms with Crippen LogP contribution >= 0.6 is 11.6 Å². The summed E-state index contributed by atoms with van der Waals surface area (Å²) in [5.41, 5.74) is 4.53. The monoisotopic (exact) mass is 383 g/mol. The van der Waals surface area contributed by atoms with Crippen molar-refractivity contribution < 1.29 is 4.79 Å². The third-order valence-corrected chi connectivity index (χ3v) is 5.70. The minimum atomic E-state index is 0.0202. The average Bonchev–Trinajstić information content (AvgIpc) is 3.46. The Morgan fingerprint density at radius 1 is 1.22 bits per heavy atom. The highest BCUT2D eigenvalue weighted by molar-refractivity contribution is 6.30. The summed E-state index contributed by atoms with van der Waals surface area (Å²) in [6, 6.07) is 7.90. The fraction of sp³-hybridized carbons (Fsp3) is 0.400. The number of carbonyl (C=O) groups excluding carboxylic acids is 1. The zero-order valence-corrected chi connectivity index (χ0v) is 15.7. The predicted molar refractivity (Wildman–Crippen MR) is 106 cm³/mol. The zero-order chi connectivity index (χ0) is 18.4. The number of rotatable bonds is 4. The molecule has 3 aliphatic heterocycles. The Labute approximate surface area is 163 Å². The highest BCUT2D eigenvalue weighted by Crippen LogP contribution is 2.40. The van der Waals surface area contributed by atoms with E-state index in [1.165, 1.54) is 24.2 Å². The largest absolute Gasteiger partial charge is 0.358 e. The van der Waals surface area contributed by atoms with Crippen LogP contribution in [-0.2, 0) is 4.79 Å². The van der Waals surface area contributed by atoms with Crippen molar-refractivity contribution in [1.29, 1.82) is 0 Å². The summed E-state index contributed by atoms with van der Waals surface area (Å²) >= 11 is 6.08. The summed E-state index contributed by atoms with van der Waals surface area (Å²) in [5.74, 6) is 0.690. The molecule has 0 spiro atoms. The number of benzene rings is 1. The van der Waals surface area contributed by atoms with E-state index in [0.29, 0.717) is 19.0 Å². The van der Waals surface area contributed by atoms with Gasteiger partial charge in [-0.1, -0.05) is 23.7 Å². The lowest BCUT2D eigenvalue weighted by Crippen LogP contribution is -2.49. The number of hydrogen-bond donors (Lipinski definition) is 2. The van der Waals surface area contributed by atoms with Crippen molar-refractivity contribution in [2.75, 3.05) is 26.2 Å². The minimum Gasteiger partial charge on any atom is -0.358 e. The topological polar surface area (TPSA) is 60.0 Å². The molecule has 0 bridgehead atoms. The van der Waals surface area contributed by atoms with Gasteiger partial charge < -0.3 is 15.5 Å². The summed E-state index contributed by atoms with van der Waals surface area (Å²) in [7, 11) is 0. The molecule has 4 aliphatic rings. The predicted octanol–water partition coefficient (Wildman–Crippen LogP) is 2.01. The summed E-state index contributed by atoms with van der Waals surface area (Å²) in [4.78, 5) is 21.0. The van der Waals surface area contributed by atoms with Gasteiger partial charge in [0.05, 0.1) is 23.6 Å². The normalized spacial score (nSPS) is 25.2. The van der Waals surface area contributed by atoms with Gasteiger partial charge in [0.2, 0.25) is 5.91 Å². The van der Waals surface area contributed by atoms with Crippen molar-refractivity contribution in [3.05, 3.63) is 52.4 Å². The van der Waals surface area contributed by atoms with Gasteiger partial charge in [0.1, 0.15) is 6.17 Å². The molecule has 27 heavy (non-hydrogen) atoms. The van der Waals surface area contributed by atoms with Crippen LogP contribution < -0.4 is 10.6 Å². The first kappa shape index (κ1) is 16.8. The molecule has 2 N–H and O–H groups in total. The molecule has 1 aromatic carbocycles. The van der Waals surface area contributed by atoms with Crippen LogP contribution in [-0.4, -0.2) is 54.3 Å². The van der Waals surface area contributed by atoms with E-state index >= 15 is 0 Å². The van der Waals surface area contributed by atoms with Gasteiger partial charge in [-0.05, 0) is 30.5 Å². The highest BCUT2D eigenvalue weighted by atomic mass is 35.5. The van der Waals surface area contributed by atoms with Crippen molar-refractivity contribution in [2.45, 2.75) is 19.0 Å². The first-order chi connectivity index (χ1) is 13.2. The average molecular weight is 384 g/mol. The van der Waals surface area contributed by atoms with Gasteiger partial charge in [-0.2, -0.15) is 0 Å². The Kier molecular flexibility index (Phi) is 4.17. The molecular formula is C20H22ClN5O. The first-order valence-corrected chi connectivity index (χ1v) is 9.84. The molecule has 3 heterocycles. The van der Waals surface area contributed by atoms with Crippen LogP contribution in [0.25, 0.3) is 5.70 Å². The van der Waals surface area contributed by atoms with E-state index in [2.05, 4.69) is 31.6 Å². The molecule has 2 fully saturated rings. The number of halogens is 1. The summed E-state index contributed by atoms with van der Waals surface area (Å²) in [5, 5.41) is 7.22. The second kappa shape index (κ2) is 6.69. The first-order valence-electron chi connectivity index (χ1n) is 9.46. The third kappa shape index (κ3) is 3.35. The molecule has 7 heteroatoms. The Balaban J connectivity index is 1.50. The Morgan fingerprint density at radius 3 is 2.78 bits per heavy atom. The Bertz CT molecular complexity index is 856. The van der Waals surface area contributed by atoms with E-state index in [1.807, 2.05) is 30.5 Å². The lowest BCUT2D eigenvalue weighted by Gasteiger charge is -2.31. The number of aliphatic imine (C=N–C) groups is 1. The summed E-state index contributed by atoms with van der Waals surface area (Å²) in [6.45, 7) is 2.71.